The Morgan fingerprint density at radius 3 is 2.79 bits per heavy atom. The molecule has 2 aromatic rings. The zero-order valence-electron chi connectivity index (χ0n) is 18.9. The normalized spacial score (nSPS) is 23.4. The Hall–Kier alpha value is -2.78. The molecule has 0 saturated carbocycles. The average Bonchev–Trinajstić information content (AvgIpc) is 3.44. The highest BCUT2D eigenvalue weighted by atomic mass is 32.2. The Morgan fingerprint density at radius 2 is 2.00 bits per heavy atom. The summed E-state index contributed by atoms with van der Waals surface area (Å²) in [5.74, 6) is -0.227. The van der Waals surface area contributed by atoms with Crippen molar-refractivity contribution in [2.24, 2.45) is 10.3 Å². The molecule has 2 aromatic carbocycles. The molecule has 180 valence electrons. The standard InChI is InChI=1S/C25H28FN3O4S/c26-20-8-3-6-18(14-20)15-29(17-21-9-5-13-33-21)25(30)19-7-4-12-28(16-19)24-22-10-1-2-11-23(22)34(31,32)27-24/h1-3,6,8,10-11,14,19,21H,4-5,7,9,12-13,15-17H2. The number of likely N-dealkylation sites (tertiary alicyclic amines) is 1. The minimum absolute atomic E-state index is 0.0146. The Morgan fingerprint density at radius 1 is 1.15 bits per heavy atom. The van der Waals surface area contributed by atoms with Crippen molar-refractivity contribution in [1.82, 2.24) is 9.80 Å². The first-order chi connectivity index (χ1) is 16.4. The van der Waals surface area contributed by atoms with Gasteiger partial charge in [0.25, 0.3) is 10.0 Å². The third-order valence-electron chi connectivity index (χ3n) is 6.70. The maximum Gasteiger partial charge on any atom is 0.285 e. The van der Waals surface area contributed by atoms with Gasteiger partial charge in [0.1, 0.15) is 10.7 Å². The number of halogens is 1. The predicted octanol–water partition coefficient (Wildman–Crippen LogP) is 3.19. The molecular weight excluding hydrogens is 457 g/mol. The second-order valence-electron chi connectivity index (χ2n) is 9.15. The van der Waals surface area contributed by atoms with E-state index in [4.69, 9.17) is 4.74 Å². The molecule has 0 aliphatic carbocycles. The summed E-state index contributed by atoms with van der Waals surface area (Å²) < 4.78 is 48.7. The average molecular weight is 486 g/mol. The third-order valence-corrected chi connectivity index (χ3v) is 8.03. The first kappa shape index (κ1) is 23.0. The molecule has 3 aliphatic rings. The van der Waals surface area contributed by atoms with Crippen LogP contribution >= 0.6 is 0 Å². The summed E-state index contributed by atoms with van der Waals surface area (Å²) in [6.07, 6.45) is 3.31. The second-order valence-corrected chi connectivity index (χ2v) is 10.7. The van der Waals surface area contributed by atoms with Gasteiger partial charge in [-0.1, -0.05) is 24.3 Å². The molecule has 3 aliphatic heterocycles. The van der Waals surface area contributed by atoms with Crippen LogP contribution in [-0.2, 0) is 26.1 Å². The number of carbonyl (C=O) groups is 1. The van der Waals surface area contributed by atoms with Crippen molar-refractivity contribution in [3.05, 3.63) is 65.5 Å². The zero-order valence-corrected chi connectivity index (χ0v) is 19.7. The monoisotopic (exact) mass is 485 g/mol. The lowest BCUT2D eigenvalue weighted by Gasteiger charge is -2.36. The number of rotatable bonds is 5. The lowest BCUT2D eigenvalue weighted by Crippen LogP contribution is -2.48. The first-order valence-corrected chi connectivity index (χ1v) is 13.2. The summed E-state index contributed by atoms with van der Waals surface area (Å²) in [5.41, 5.74) is 1.32. The van der Waals surface area contributed by atoms with Crippen LogP contribution in [0.2, 0.25) is 0 Å². The van der Waals surface area contributed by atoms with Crippen molar-refractivity contribution in [3.63, 3.8) is 0 Å². The van der Waals surface area contributed by atoms with E-state index < -0.39 is 10.0 Å². The minimum Gasteiger partial charge on any atom is -0.376 e. The number of amides is 1. The summed E-state index contributed by atoms with van der Waals surface area (Å²) in [4.78, 5) is 17.6. The molecule has 1 amide bonds. The predicted molar refractivity (Wildman–Crippen MR) is 125 cm³/mol. The molecule has 2 atom stereocenters. The van der Waals surface area contributed by atoms with Gasteiger partial charge in [-0.2, -0.15) is 8.42 Å². The van der Waals surface area contributed by atoms with Gasteiger partial charge in [0.05, 0.1) is 12.0 Å². The van der Waals surface area contributed by atoms with Crippen LogP contribution in [0, 0.1) is 11.7 Å². The molecule has 2 saturated heterocycles. The lowest BCUT2D eigenvalue weighted by atomic mass is 9.95. The number of nitrogens with zero attached hydrogens (tertiary/aromatic N) is 3. The molecule has 0 radical (unpaired) electrons. The van der Waals surface area contributed by atoms with E-state index in [9.17, 15) is 17.6 Å². The number of fused-ring (bicyclic) bond motifs is 1. The number of carbonyl (C=O) groups excluding carboxylic acids is 1. The van der Waals surface area contributed by atoms with E-state index in [0.29, 0.717) is 50.6 Å². The van der Waals surface area contributed by atoms with Gasteiger partial charge in [-0.25, -0.2) is 4.39 Å². The van der Waals surface area contributed by atoms with E-state index in [-0.39, 0.29) is 28.6 Å². The van der Waals surface area contributed by atoms with Crippen LogP contribution in [0.1, 0.15) is 36.8 Å². The molecule has 34 heavy (non-hydrogen) atoms. The van der Waals surface area contributed by atoms with Crippen molar-refractivity contribution < 1.29 is 22.3 Å². The molecule has 5 rings (SSSR count). The van der Waals surface area contributed by atoms with E-state index >= 15 is 0 Å². The molecule has 0 bridgehead atoms. The van der Waals surface area contributed by atoms with Crippen LogP contribution in [0.3, 0.4) is 0 Å². The van der Waals surface area contributed by atoms with Gasteiger partial charge in [0.15, 0.2) is 5.84 Å². The van der Waals surface area contributed by atoms with Crippen molar-refractivity contribution in [2.75, 3.05) is 26.2 Å². The molecule has 2 unspecified atom stereocenters. The largest absolute Gasteiger partial charge is 0.376 e. The first-order valence-electron chi connectivity index (χ1n) is 11.7. The maximum atomic E-state index is 13.8. The van der Waals surface area contributed by atoms with Gasteiger partial charge >= 0.3 is 0 Å². The Bertz CT molecular complexity index is 1210. The number of ether oxygens (including phenoxy) is 1. The molecule has 0 aromatic heterocycles. The fourth-order valence-electron chi connectivity index (χ4n) is 5.07. The molecule has 2 fully saturated rings. The summed E-state index contributed by atoms with van der Waals surface area (Å²) in [6, 6.07) is 13.1. The number of benzene rings is 2. The van der Waals surface area contributed by atoms with Crippen LogP contribution in [0.25, 0.3) is 0 Å². The summed E-state index contributed by atoms with van der Waals surface area (Å²) in [5, 5.41) is 0. The lowest BCUT2D eigenvalue weighted by molar-refractivity contribution is -0.139. The van der Waals surface area contributed by atoms with E-state index in [1.165, 1.54) is 12.1 Å². The van der Waals surface area contributed by atoms with Gasteiger partial charge < -0.3 is 14.5 Å². The fraction of sp³-hybridized carbons (Fsp3) is 0.440. The van der Waals surface area contributed by atoms with Crippen molar-refractivity contribution in [1.29, 1.82) is 0 Å². The second kappa shape index (κ2) is 9.46. The van der Waals surface area contributed by atoms with Crippen LogP contribution in [-0.4, -0.2) is 62.3 Å². The topological polar surface area (TPSA) is 79.3 Å². The molecular formula is C25H28FN3O4S. The Labute approximate surface area is 199 Å². The van der Waals surface area contributed by atoms with Gasteiger partial charge in [-0.15, -0.1) is 4.40 Å². The molecule has 3 heterocycles. The highest BCUT2D eigenvalue weighted by Gasteiger charge is 2.36. The number of hydrogen-bond acceptors (Lipinski definition) is 5. The van der Waals surface area contributed by atoms with E-state index in [1.54, 1.807) is 35.2 Å². The quantitative estimate of drug-likeness (QED) is 0.650. The fourth-order valence-corrected chi connectivity index (χ4v) is 6.30. The van der Waals surface area contributed by atoms with Gasteiger partial charge in [0, 0.05) is 38.3 Å². The summed E-state index contributed by atoms with van der Waals surface area (Å²) in [7, 11) is -3.72. The van der Waals surface area contributed by atoms with Crippen molar-refractivity contribution in [2.45, 2.75) is 43.2 Å². The third kappa shape index (κ3) is 4.72. The Kier molecular flexibility index (Phi) is 6.40. The van der Waals surface area contributed by atoms with Crippen molar-refractivity contribution >= 4 is 21.8 Å². The maximum absolute atomic E-state index is 13.8. The van der Waals surface area contributed by atoms with Gasteiger partial charge in [-0.3, -0.25) is 4.79 Å². The zero-order chi connectivity index (χ0) is 23.7. The summed E-state index contributed by atoms with van der Waals surface area (Å²) in [6.45, 7) is 2.50. The van der Waals surface area contributed by atoms with Crippen LogP contribution in [0.4, 0.5) is 4.39 Å². The molecule has 0 N–H and O–H groups in total. The van der Waals surface area contributed by atoms with Gasteiger partial charge in [-0.05, 0) is 55.5 Å². The highest BCUT2D eigenvalue weighted by molar-refractivity contribution is 7.90. The van der Waals surface area contributed by atoms with E-state index in [0.717, 1.165) is 24.8 Å². The van der Waals surface area contributed by atoms with Crippen LogP contribution in [0.15, 0.2) is 57.8 Å². The summed E-state index contributed by atoms with van der Waals surface area (Å²) >= 11 is 0. The molecule has 0 spiro atoms. The van der Waals surface area contributed by atoms with Crippen LogP contribution in [0.5, 0.6) is 0 Å². The van der Waals surface area contributed by atoms with E-state index in [2.05, 4.69) is 4.40 Å². The SMILES string of the molecule is O=C(C1CCCN(C2=NS(=O)(=O)c3ccccc32)C1)N(Cc1cccc(F)c1)CC1CCCO1. The number of amidine groups is 1. The van der Waals surface area contributed by atoms with Crippen LogP contribution < -0.4 is 0 Å². The van der Waals surface area contributed by atoms with Crippen molar-refractivity contribution in [3.8, 4) is 0 Å². The molecule has 9 heteroatoms. The Balaban J connectivity index is 1.36. The smallest absolute Gasteiger partial charge is 0.285 e. The number of hydrogen-bond donors (Lipinski definition) is 0. The van der Waals surface area contributed by atoms with Gasteiger partial charge in [0.2, 0.25) is 5.91 Å². The number of piperidine rings is 1. The highest BCUT2D eigenvalue weighted by Crippen LogP contribution is 2.30. The van der Waals surface area contributed by atoms with E-state index in [1.807, 2.05) is 11.0 Å². The minimum atomic E-state index is -3.72. The molecule has 7 nitrogen and oxygen atoms in total. The number of sulfonamides is 1.